The van der Waals surface area contributed by atoms with Crippen molar-refractivity contribution in [3.05, 3.63) is 30.0 Å². The fourth-order valence-electron chi connectivity index (χ4n) is 2.94. The zero-order valence-electron chi connectivity index (χ0n) is 17.4. The molecule has 0 aromatic carbocycles. The average Bonchev–Trinajstić information content (AvgIpc) is 3.49. The molecule has 2 fully saturated rings. The van der Waals surface area contributed by atoms with Crippen molar-refractivity contribution in [1.29, 1.82) is 0 Å². The first-order chi connectivity index (χ1) is 16.3. The minimum atomic E-state index is -1.20. The second-order valence-electron chi connectivity index (χ2n) is 7.10. The third kappa shape index (κ3) is 5.12. The van der Waals surface area contributed by atoms with Crippen LogP contribution in [0.3, 0.4) is 0 Å². The first-order valence-corrected chi connectivity index (χ1v) is 9.93. The van der Waals surface area contributed by atoms with Crippen LogP contribution < -0.4 is 4.74 Å². The molecule has 2 saturated heterocycles. The molecule has 2 aromatic heterocycles. The van der Waals surface area contributed by atoms with E-state index in [1.807, 2.05) is 0 Å². The lowest BCUT2D eigenvalue weighted by Crippen LogP contribution is -2.35. The molecule has 1 N–H and O–H groups in total. The highest BCUT2D eigenvalue weighted by molar-refractivity contribution is 6.01. The van der Waals surface area contributed by atoms with Crippen LogP contribution in [-0.2, 0) is 42.0 Å². The molecule has 1 unspecified atom stereocenters. The molecule has 16 nitrogen and oxygen atoms in total. The minimum Gasteiger partial charge on any atom is -0.470 e. The number of imide groups is 1. The highest BCUT2D eigenvalue weighted by Gasteiger charge is 2.34. The zero-order valence-corrected chi connectivity index (χ0v) is 17.4. The number of hydrogen-bond acceptors (Lipinski definition) is 13. The Morgan fingerprint density at radius 1 is 1.03 bits per heavy atom. The van der Waals surface area contributed by atoms with E-state index in [1.165, 1.54) is 6.20 Å². The SMILES string of the molecule is O=C(Cn1cc(COc2cnc(C(=O)ON3C(=O)CCC3O)cn2)nn1)ON1C(=O)CCC1=O. The normalized spacial score (nSPS) is 17.9. The molecule has 0 saturated carbocycles. The molecule has 178 valence electrons. The van der Waals surface area contributed by atoms with Gasteiger partial charge in [0.2, 0.25) is 5.88 Å². The Balaban J connectivity index is 1.25. The third-order valence-corrected chi connectivity index (χ3v) is 4.60. The van der Waals surface area contributed by atoms with Crippen molar-refractivity contribution in [2.24, 2.45) is 0 Å². The largest absolute Gasteiger partial charge is 0.470 e. The maximum atomic E-state index is 12.0. The maximum Gasteiger partial charge on any atom is 0.383 e. The van der Waals surface area contributed by atoms with Crippen molar-refractivity contribution >= 4 is 29.7 Å². The van der Waals surface area contributed by atoms with E-state index in [0.717, 1.165) is 17.1 Å². The lowest BCUT2D eigenvalue weighted by molar-refractivity contribution is -0.198. The topological polar surface area (TPSA) is 196 Å². The number of hydrogen-bond donors (Lipinski definition) is 1. The number of carbonyl (C=O) groups excluding carboxylic acids is 5. The highest BCUT2D eigenvalue weighted by Crippen LogP contribution is 2.18. The number of carbonyl (C=O) groups is 5. The second-order valence-corrected chi connectivity index (χ2v) is 7.10. The molecule has 2 aliphatic rings. The summed E-state index contributed by atoms with van der Waals surface area (Å²) in [4.78, 5) is 75.8. The first kappa shape index (κ1) is 22.7. The van der Waals surface area contributed by atoms with Gasteiger partial charge >= 0.3 is 11.9 Å². The molecular weight excluding hydrogens is 458 g/mol. The van der Waals surface area contributed by atoms with Crippen molar-refractivity contribution in [3.8, 4) is 5.88 Å². The Labute approximate surface area is 189 Å². The second kappa shape index (κ2) is 9.57. The van der Waals surface area contributed by atoms with Crippen LogP contribution in [0.5, 0.6) is 5.88 Å². The average molecular weight is 475 g/mol. The van der Waals surface area contributed by atoms with Gasteiger partial charge in [-0.1, -0.05) is 5.21 Å². The molecule has 1 atom stereocenters. The first-order valence-electron chi connectivity index (χ1n) is 9.93. The Morgan fingerprint density at radius 3 is 2.44 bits per heavy atom. The summed E-state index contributed by atoms with van der Waals surface area (Å²) in [5, 5.41) is 18.2. The van der Waals surface area contributed by atoms with Gasteiger partial charge in [0.05, 0.1) is 18.6 Å². The van der Waals surface area contributed by atoms with Gasteiger partial charge in [-0.15, -0.1) is 15.2 Å². The summed E-state index contributed by atoms with van der Waals surface area (Å²) in [7, 11) is 0. The Hall–Kier alpha value is -4.47. The van der Waals surface area contributed by atoms with Gasteiger partial charge < -0.3 is 19.5 Å². The quantitative estimate of drug-likeness (QED) is 0.423. The molecule has 0 aliphatic carbocycles. The van der Waals surface area contributed by atoms with E-state index in [1.54, 1.807) is 0 Å². The number of nitrogens with zero attached hydrogens (tertiary/aromatic N) is 7. The number of aliphatic hydroxyl groups excluding tert-OH is 1. The van der Waals surface area contributed by atoms with Gasteiger partial charge in [-0.05, 0) is 0 Å². The number of hydroxylamine groups is 4. The van der Waals surface area contributed by atoms with Crippen LogP contribution in [0.25, 0.3) is 0 Å². The number of aliphatic hydroxyl groups is 1. The standard InChI is InChI=1S/C18H17N7O9/c26-13-1-2-14(27)24(13)33-17(30)8-23-7-10(21-22-23)9-32-12-6-19-11(5-20-12)18(31)34-25-15(28)3-4-16(25)29/h5-7,15,28H,1-4,8-9H2. The molecule has 0 bridgehead atoms. The molecular formula is C18H17N7O9. The molecule has 4 heterocycles. The fourth-order valence-corrected chi connectivity index (χ4v) is 2.94. The zero-order chi connectivity index (χ0) is 24.2. The monoisotopic (exact) mass is 475 g/mol. The van der Waals surface area contributed by atoms with Crippen LogP contribution in [0.2, 0.25) is 0 Å². The smallest absolute Gasteiger partial charge is 0.383 e. The molecule has 16 heteroatoms. The van der Waals surface area contributed by atoms with E-state index < -0.39 is 42.4 Å². The van der Waals surface area contributed by atoms with E-state index in [-0.39, 0.29) is 43.9 Å². The predicted molar refractivity (Wildman–Crippen MR) is 101 cm³/mol. The van der Waals surface area contributed by atoms with Crippen LogP contribution in [0, 0.1) is 0 Å². The fraction of sp³-hybridized carbons (Fsp3) is 0.389. The number of amides is 3. The van der Waals surface area contributed by atoms with Gasteiger partial charge in [-0.3, -0.25) is 14.4 Å². The summed E-state index contributed by atoms with van der Waals surface area (Å²) in [6, 6.07) is 0. The van der Waals surface area contributed by atoms with Crippen LogP contribution in [0.15, 0.2) is 18.6 Å². The van der Waals surface area contributed by atoms with Crippen LogP contribution in [0.4, 0.5) is 0 Å². The molecule has 4 rings (SSSR count). The minimum absolute atomic E-state index is 0.0107. The van der Waals surface area contributed by atoms with E-state index in [2.05, 4.69) is 20.3 Å². The van der Waals surface area contributed by atoms with E-state index in [4.69, 9.17) is 14.4 Å². The lowest BCUT2D eigenvalue weighted by Gasteiger charge is -2.18. The summed E-state index contributed by atoms with van der Waals surface area (Å²) in [6.45, 7) is -0.500. The highest BCUT2D eigenvalue weighted by atomic mass is 16.7. The van der Waals surface area contributed by atoms with Gasteiger partial charge in [-0.25, -0.2) is 24.2 Å². The maximum absolute atomic E-state index is 12.0. The molecule has 2 aromatic rings. The van der Waals surface area contributed by atoms with Gasteiger partial charge in [0.25, 0.3) is 17.7 Å². The molecule has 3 amide bonds. The molecule has 0 spiro atoms. The summed E-state index contributed by atoms with van der Waals surface area (Å²) < 4.78 is 6.52. The third-order valence-electron chi connectivity index (χ3n) is 4.60. The molecule has 34 heavy (non-hydrogen) atoms. The van der Waals surface area contributed by atoms with Crippen LogP contribution in [0.1, 0.15) is 41.9 Å². The Bertz CT molecular complexity index is 1120. The van der Waals surface area contributed by atoms with Crippen molar-refractivity contribution in [3.63, 3.8) is 0 Å². The van der Waals surface area contributed by atoms with Crippen molar-refractivity contribution in [2.45, 2.75) is 45.1 Å². The van der Waals surface area contributed by atoms with E-state index in [9.17, 15) is 29.1 Å². The van der Waals surface area contributed by atoms with E-state index >= 15 is 0 Å². The summed E-state index contributed by atoms with van der Waals surface area (Å²) in [5.41, 5.74) is 0.103. The molecule has 0 radical (unpaired) electrons. The Kier molecular flexibility index (Phi) is 6.39. The van der Waals surface area contributed by atoms with Gasteiger partial charge in [0.1, 0.15) is 18.8 Å². The van der Waals surface area contributed by atoms with Gasteiger partial charge in [0, 0.05) is 25.7 Å². The lowest BCUT2D eigenvalue weighted by atomic mass is 10.4. The summed E-state index contributed by atoms with van der Waals surface area (Å²) in [5.74, 6) is -3.51. The molecule has 2 aliphatic heterocycles. The van der Waals surface area contributed by atoms with Crippen LogP contribution >= 0.6 is 0 Å². The van der Waals surface area contributed by atoms with E-state index in [0.29, 0.717) is 15.8 Å². The van der Waals surface area contributed by atoms with Crippen molar-refractivity contribution < 1.29 is 43.5 Å². The van der Waals surface area contributed by atoms with Crippen molar-refractivity contribution in [1.82, 2.24) is 35.1 Å². The van der Waals surface area contributed by atoms with Crippen LogP contribution in [-0.4, -0.2) is 76.1 Å². The summed E-state index contributed by atoms with van der Waals surface area (Å²) in [6.07, 6.45) is 2.60. The Morgan fingerprint density at radius 2 is 1.79 bits per heavy atom. The number of aromatic nitrogens is 5. The number of rotatable bonds is 8. The van der Waals surface area contributed by atoms with Gasteiger partial charge in [0.15, 0.2) is 11.9 Å². The van der Waals surface area contributed by atoms with Crippen molar-refractivity contribution in [2.75, 3.05) is 0 Å². The van der Waals surface area contributed by atoms with Gasteiger partial charge in [-0.2, -0.15) is 0 Å². The number of ether oxygens (including phenoxy) is 1. The summed E-state index contributed by atoms with van der Waals surface area (Å²) >= 11 is 0. The predicted octanol–water partition coefficient (Wildman–Crippen LogP) is -1.73.